The first kappa shape index (κ1) is 12.6. The molecule has 0 saturated heterocycles. The van der Waals surface area contributed by atoms with Crippen molar-refractivity contribution < 1.29 is 9.90 Å². The molecule has 2 rings (SSSR count). The van der Waals surface area contributed by atoms with Gasteiger partial charge in [0.1, 0.15) is 0 Å². The van der Waals surface area contributed by atoms with Gasteiger partial charge in [-0.1, -0.05) is 36.4 Å². The molecule has 3 nitrogen and oxygen atoms in total. The lowest BCUT2D eigenvalue weighted by Gasteiger charge is -2.26. The maximum Gasteiger partial charge on any atom is 0.219 e. The van der Waals surface area contributed by atoms with Crippen LogP contribution in [0.2, 0.25) is 0 Å². The lowest BCUT2D eigenvalue weighted by molar-refractivity contribution is -0.130. The molecule has 0 fully saturated rings. The Morgan fingerprint density at radius 2 is 1.89 bits per heavy atom. The first-order chi connectivity index (χ1) is 8.63. The van der Waals surface area contributed by atoms with Crippen LogP contribution in [-0.4, -0.2) is 29.6 Å². The maximum atomic E-state index is 11.4. The summed E-state index contributed by atoms with van der Waals surface area (Å²) in [6.07, 6.45) is 0. The SMILES string of the molecule is CC(=O)N(C)C(CO)c1ccc2ccccc2c1. The number of hydrogen-bond acceptors (Lipinski definition) is 2. The summed E-state index contributed by atoms with van der Waals surface area (Å²) in [7, 11) is 1.71. The van der Waals surface area contributed by atoms with Crippen LogP contribution in [0.4, 0.5) is 0 Å². The number of hydrogen-bond donors (Lipinski definition) is 1. The molecule has 2 aromatic rings. The number of carbonyl (C=O) groups excluding carboxylic acids is 1. The van der Waals surface area contributed by atoms with E-state index in [0.29, 0.717) is 0 Å². The number of aliphatic hydroxyl groups is 1. The van der Waals surface area contributed by atoms with Crippen LogP contribution in [0, 0.1) is 0 Å². The Balaban J connectivity index is 2.42. The van der Waals surface area contributed by atoms with E-state index in [2.05, 4.69) is 0 Å². The highest BCUT2D eigenvalue weighted by Gasteiger charge is 2.18. The molecule has 1 N–H and O–H groups in total. The van der Waals surface area contributed by atoms with E-state index < -0.39 is 0 Å². The number of aliphatic hydroxyl groups excluding tert-OH is 1. The van der Waals surface area contributed by atoms with Crippen molar-refractivity contribution in [2.24, 2.45) is 0 Å². The first-order valence-corrected chi connectivity index (χ1v) is 5.96. The lowest BCUT2D eigenvalue weighted by Crippen LogP contribution is -2.31. The van der Waals surface area contributed by atoms with E-state index in [1.54, 1.807) is 11.9 Å². The van der Waals surface area contributed by atoms with Gasteiger partial charge in [0.15, 0.2) is 0 Å². The summed E-state index contributed by atoms with van der Waals surface area (Å²) in [5.41, 5.74) is 0.953. The van der Waals surface area contributed by atoms with Gasteiger partial charge in [0.2, 0.25) is 5.91 Å². The fourth-order valence-electron chi connectivity index (χ4n) is 2.09. The highest BCUT2D eigenvalue weighted by atomic mass is 16.3. The molecule has 1 atom stereocenters. The molecule has 2 aromatic carbocycles. The molecule has 0 heterocycles. The molecular weight excluding hydrogens is 226 g/mol. The second kappa shape index (κ2) is 5.19. The summed E-state index contributed by atoms with van der Waals surface area (Å²) < 4.78 is 0. The van der Waals surface area contributed by atoms with Crippen molar-refractivity contribution in [3.63, 3.8) is 0 Å². The number of likely N-dealkylation sites (N-methyl/N-ethyl adjacent to an activating group) is 1. The van der Waals surface area contributed by atoms with Crippen LogP contribution in [0.5, 0.6) is 0 Å². The molecule has 0 aliphatic carbocycles. The molecule has 0 aliphatic heterocycles. The van der Waals surface area contributed by atoms with Crippen molar-refractivity contribution in [3.05, 3.63) is 48.0 Å². The minimum atomic E-state index is -0.285. The van der Waals surface area contributed by atoms with Gasteiger partial charge in [0.05, 0.1) is 12.6 Å². The Morgan fingerprint density at radius 3 is 2.50 bits per heavy atom. The summed E-state index contributed by atoms with van der Waals surface area (Å²) in [6, 6.07) is 13.8. The Kier molecular flexibility index (Phi) is 3.63. The van der Waals surface area contributed by atoms with Crippen LogP contribution < -0.4 is 0 Å². The minimum Gasteiger partial charge on any atom is -0.394 e. The van der Waals surface area contributed by atoms with Crippen molar-refractivity contribution >= 4 is 16.7 Å². The number of fused-ring (bicyclic) bond motifs is 1. The Morgan fingerprint density at radius 1 is 1.22 bits per heavy atom. The number of amides is 1. The van der Waals surface area contributed by atoms with Gasteiger partial charge in [-0.3, -0.25) is 4.79 Å². The number of rotatable bonds is 3. The van der Waals surface area contributed by atoms with Crippen LogP contribution in [-0.2, 0) is 4.79 Å². The van der Waals surface area contributed by atoms with Gasteiger partial charge in [0.25, 0.3) is 0 Å². The van der Waals surface area contributed by atoms with Gasteiger partial charge in [-0.15, -0.1) is 0 Å². The van der Waals surface area contributed by atoms with Gasteiger partial charge in [0, 0.05) is 14.0 Å². The normalized spacial score (nSPS) is 12.4. The highest BCUT2D eigenvalue weighted by Crippen LogP contribution is 2.23. The topological polar surface area (TPSA) is 40.5 Å². The summed E-state index contributed by atoms with van der Waals surface area (Å²) in [4.78, 5) is 13.0. The third-order valence-electron chi connectivity index (χ3n) is 3.30. The average Bonchev–Trinajstić information content (AvgIpc) is 2.39. The Labute approximate surface area is 107 Å². The first-order valence-electron chi connectivity index (χ1n) is 5.96. The summed E-state index contributed by atoms with van der Waals surface area (Å²) in [5.74, 6) is -0.0535. The number of carbonyl (C=O) groups is 1. The zero-order valence-electron chi connectivity index (χ0n) is 10.6. The molecule has 0 bridgehead atoms. The van der Waals surface area contributed by atoms with Gasteiger partial charge >= 0.3 is 0 Å². The van der Waals surface area contributed by atoms with Crippen LogP contribution in [0.3, 0.4) is 0 Å². The molecule has 1 unspecified atom stereocenters. The smallest absolute Gasteiger partial charge is 0.219 e. The van der Waals surface area contributed by atoms with Gasteiger partial charge < -0.3 is 10.0 Å². The van der Waals surface area contributed by atoms with Crippen molar-refractivity contribution in [1.82, 2.24) is 4.90 Å². The predicted octanol–water partition coefficient (Wildman–Crippen LogP) is 2.35. The van der Waals surface area contributed by atoms with Crippen LogP contribution in [0.25, 0.3) is 10.8 Å². The molecule has 0 saturated carbocycles. The monoisotopic (exact) mass is 243 g/mol. The second-order valence-electron chi connectivity index (χ2n) is 4.43. The van der Waals surface area contributed by atoms with E-state index in [0.717, 1.165) is 16.3 Å². The van der Waals surface area contributed by atoms with E-state index in [9.17, 15) is 9.90 Å². The Hall–Kier alpha value is -1.87. The molecule has 0 aliphatic rings. The second-order valence-corrected chi connectivity index (χ2v) is 4.43. The van der Waals surface area contributed by atoms with Gasteiger partial charge in [-0.2, -0.15) is 0 Å². The number of nitrogens with zero attached hydrogens (tertiary/aromatic N) is 1. The fourth-order valence-corrected chi connectivity index (χ4v) is 2.09. The molecule has 0 spiro atoms. The third kappa shape index (κ3) is 2.36. The zero-order chi connectivity index (χ0) is 13.1. The van der Waals surface area contributed by atoms with E-state index in [1.807, 2.05) is 42.5 Å². The zero-order valence-corrected chi connectivity index (χ0v) is 10.6. The van der Waals surface area contributed by atoms with Crippen molar-refractivity contribution in [1.29, 1.82) is 0 Å². The van der Waals surface area contributed by atoms with Gasteiger partial charge in [-0.05, 0) is 22.4 Å². The maximum absolute atomic E-state index is 11.4. The quantitative estimate of drug-likeness (QED) is 0.899. The van der Waals surface area contributed by atoms with E-state index >= 15 is 0 Å². The van der Waals surface area contributed by atoms with Crippen molar-refractivity contribution in [3.8, 4) is 0 Å². The standard InChI is InChI=1S/C15H17NO2/c1-11(18)16(2)15(10-17)14-8-7-12-5-3-4-6-13(12)9-14/h3-9,15,17H,10H2,1-2H3. The van der Waals surface area contributed by atoms with E-state index in [1.165, 1.54) is 6.92 Å². The van der Waals surface area contributed by atoms with Crippen molar-refractivity contribution in [2.75, 3.05) is 13.7 Å². The Bertz CT molecular complexity index is 565. The van der Waals surface area contributed by atoms with Crippen LogP contribution >= 0.6 is 0 Å². The summed E-state index contributed by atoms with van der Waals surface area (Å²) in [6.45, 7) is 1.43. The largest absolute Gasteiger partial charge is 0.394 e. The molecule has 0 radical (unpaired) electrons. The minimum absolute atomic E-state index is 0.0535. The third-order valence-corrected chi connectivity index (χ3v) is 3.30. The van der Waals surface area contributed by atoms with E-state index in [-0.39, 0.29) is 18.6 Å². The van der Waals surface area contributed by atoms with Gasteiger partial charge in [-0.25, -0.2) is 0 Å². The van der Waals surface area contributed by atoms with Crippen molar-refractivity contribution in [2.45, 2.75) is 13.0 Å². The highest BCUT2D eigenvalue weighted by molar-refractivity contribution is 5.83. The predicted molar refractivity (Wildman–Crippen MR) is 72.2 cm³/mol. The molecule has 0 aromatic heterocycles. The molecule has 1 amide bonds. The summed E-state index contributed by atoms with van der Waals surface area (Å²) >= 11 is 0. The summed E-state index contributed by atoms with van der Waals surface area (Å²) in [5, 5.41) is 11.7. The fraction of sp³-hybridized carbons (Fsp3) is 0.267. The molecule has 18 heavy (non-hydrogen) atoms. The molecule has 94 valence electrons. The van der Waals surface area contributed by atoms with Crippen LogP contribution in [0.1, 0.15) is 18.5 Å². The lowest BCUT2D eigenvalue weighted by atomic mass is 10.0. The van der Waals surface area contributed by atoms with Crippen LogP contribution in [0.15, 0.2) is 42.5 Å². The molecule has 3 heteroatoms. The van der Waals surface area contributed by atoms with E-state index in [4.69, 9.17) is 0 Å². The number of benzene rings is 2. The average molecular weight is 243 g/mol. The molecular formula is C15H17NO2.